The molecule has 2 rings (SSSR count). The zero-order chi connectivity index (χ0) is 11.4. The van der Waals surface area contributed by atoms with Gasteiger partial charge in [0.05, 0.1) is 5.88 Å². The monoisotopic (exact) mass is 233 g/mol. The first-order chi connectivity index (χ1) is 7.81. The number of hydrogen-bond acceptors (Lipinski definition) is 2. The predicted octanol–water partition coefficient (Wildman–Crippen LogP) is 3.92. The average molecular weight is 234 g/mol. The molecule has 0 spiro atoms. The third-order valence-corrected chi connectivity index (χ3v) is 2.60. The minimum absolute atomic E-state index is 0.398. The molecule has 0 aliphatic rings. The highest BCUT2D eigenvalue weighted by atomic mass is 35.5. The van der Waals surface area contributed by atoms with E-state index in [-0.39, 0.29) is 0 Å². The Bertz CT molecular complexity index is 485. The fourth-order valence-electron chi connectivity index (χ4n) is 1.40. The van der Waals surface area contributed by atoms with Gasteiger partial charge in [0.15, 0.2) is 0 Å². The molecule has 82 valence electrons. The lowest BCUT2D eigenvalue weighted by Gasteiger charge is -2.10. The summed E-state index contributed by atoms with van der Waals surface area (Å²) in [5.41, 5.74) is 1.99. The standard InChI is InChI=1S/C13H12ClNO/c1-10-4-2-3-5-12(10)16-13-6-7-15-9-11(13)8-14/h2-7,9H,8H2,1H3. The lowest BCUT2D eigenvalue weighted by molar-refractivity contribution is 0.474. The van der Waals surface area contributed by atoms with Crippen molar-refractivity contribution >= 4 is 11.6 Å². The minimum atomic E-state index is 0.398. The first-order valence-electron chi connectivity index (χ1n) is 5.03. The van der Waals surface area contributed by atoms with Crippen molar-refractivity contribution in [3.05, 3.63) is 53.9 Å². The summed E-state index contributed by atoms with van der Waals surface area (Å²) in [5, 5.41) is 0. The Morgan fingerprint density at radius 1 is 1.19 bits per heavy atom. The van der Waals surface area contributed by atoms with E-state index in [1.165, 1.54) is 0 Å². The zero-order valence-electron chi connectivity index (χ0n) is 8.98. The number of nitrogens with zero attached hydrogens (tertiary/aromatic N) is 1. The molecule has 2 aromatic rings. The first kappa shape index (κ1) is 11.0. The van der Waals surface area contributed by atoms with Crippen LogP contribution in [-0.2, 0) is 5.88 Å². The number of pyridine rings is 1. The van der Waals surface area contributed by atoms with E-state index in [2.05, 4.69) is 4.98 Å². The number of halogens is 1. The molecule has 0 radical (unpaired) electrons. The van der Waals surface area contributed by atoms with Crippen molar-refractivity contribution in [1.82, 2.24) is 4.98 Å². The van der Waals surface area contributed by atoms with Gasteiger partial charge in [-0.05, 0) is 24.6 Å². The Labute approximate surface area is 99.9 Å². The number of aryl methyl sites for hydroxylation is 1. The van der Waals surface area contributed by atoms with Gasteiger partial charge in [0, 0.05) is 18.0 Å². The highest BCUT2D eigenvalue weighted by Gasteiger charge is 2.05. The van der Waals surface area contributed by atoms with Crippen LogP contribution in [0.4, 0.5) is 0 Å². The topological polar surface area (TPSA) is 22.1 Å². The molecular weight excluding hydrogens is 222 g/mol. The maximum Gasteiger partial charge on any atom is 0.134 e. The summed E-state index contributed by atoms with van der Waals surface area (Å²) in [6, 6.07) is 9.70. The molecule has 0 atom stereocenters. The van der Waals surface area contributed by atoms with Crippen LogP contribution < -0.4 is 4.74 Å². The molecule has 0 fully saturated rings. The van der Waals surface area contributed by atoms with Crippen LogP contribution in [0.2, 0.25) is 0 Å². The van der Waals surface area contributed by atoms with Gasteiger partial charge in [0.2, 0.25) is 0 Å². The highest BCUT2D eigenvalue weighted by molar-refractivity contribution is 6.17. The van der Waals surface area contributed by atoms with E-state index in [0.717, 1.165) is 22.6 Å². The van der Waals surface area contributed by atoms with Crippen molar-refractivity contribution in [3.63, 3.8) is 0 Å². The van der Waals surface area contributed by atoms with E-state index in [9.17, 15) is 0 Å². The average Bonchev–Trinajstić information content (AvgIpc) is 2.33. The highest BCUT2D eigenvalue weighted by Crippen LogP contribution is 2.27. The molecular formula is C13H12ClNO. The van der Waals surface area contributed by atoms with Crippen molar-refractivity contribution in [2.45, 2.75) is 12.8 Å². The van der Waals surface area contributed by atoms with Crippen LogP contribution in [0, 0.1) is 6.92 Å². The van der Waals surface area contributed by atoms with Gasteiger partial charge in [-0.2, -0.15) is 0 Å². The van der Waals surface area contributed by atoms with Crippen LogP contribution in [0.5, 0.6) is 11.5 Å². The maximum absolute atomic E-state index is 5.82. The van der Waals surface area contributed by atoms with Crippen molar-refractivity contribution in [1.29, 1.82) is 0 Å². The molecule has 1 aromatic heterocycles. The van der Waals surface area contributed by atoms with Crippen LogP contribution in [0.25, 0.3) is 0 Å². The zero-order valence-corrected chi connectivity index (χ0v) is 9.74. The summed E-state index contributed by atoms with van der Waals surface area (Å²) in [5.74, 6) is 2.01. The number of alkyl halides is 1. The Balaban J connectivity index is 2.30. The first-order valence-corrected chi connectivity index (χ1v) is 5.57. The third-order valence-electron chi connectivity index (χ3n) is 2.32. The minimum Gasteiger partial charge on any atom is -0.457 e. The SMILES string of the molecule is Cc1ccccc1Oc1ccncc1CCl. The third kappa shape index (κ3) is 2.34. The molecule has 0 saturated heterocycles. The molecule has 0 N–H and O–H groups in total. The predicted molar refractivity (Wildman–Crippen MR) is 65.0 cm³/mol. The number of benzene rings is 1. The van der Waals surface area contributed by atoms with Crippen LogP contribution in [0.1, 0.15) is 11.1 Å². The van der Waals surface area contributed by atoms with Gasteiger partial charge in [-0.1, -0.05) is 18.2 Å². The van der Waals surface area contributed by atoms with E-state index >= 15 is 0 Å². The van der Waals surface area contributed by atoms with Crippen molar-refractivity contribution in [2.24, 2.45) is 0 Å². The van der Waals surface area contributed by atoms with Gasteiger partial charge in [0.1, 0.15) is 11.5 Å². The van der Waals surface area contributed by atoms with Gasteiger partial charge in [-0.15, -0.1) is 11.6 Å². The van der Waals surface area contributed by atoms with Crippen LogP contribution in [0.15, 0.2) is 42.7 Å². The molecule has 0 saturated carbocycles. The normalized spacial score (nSPS) is 10.1. The number of rotatable bonds is 3. The Morgan fingerprint density at radius 2 is 2.00 bits per heavy atom. The Morgan fingerprint density at radius 3 is 2.75 bits per heavy atom. The molecule has 1 heterocycles. The fourth-order valence-corrected chi connectivity index (χ4v) is 1.60. The van der Waals surface area contributed by atoms with Gasteiger partial charge >= 0.3 is 0 Å². The molecule has 2 nitrogen and oxygen atoms in total. The molecule has 3 heteroatoms. The Kier molecular flexibility index (Phi) is 3.42. The largest absolute Gasteiger partial charge is 0.457 e. The van der Waals surface area contributed by atoms with Crippen LogP contribution >= 0.6 is 11.6 Å². The molecule has 0 amide bonds. The molecule has 0 aliphatic carbocycles. The van der Waals surface area contributed by atoms with Crippen LogP contribution in [-0.4, -0.2) is 4.98 Å². The van der Waals surface area contributed by atoms with Crippen LogP contribution in [0.3, 0.4) is 0 Å². The number of hydrogen-bond donors (Lipinski definition) is 0. The van der Waals surface area contributed by atoms with E-state index in [1.54, 1.807) is 12.4 Å². The maximum atomic E-state index is 5.82. The summed E-state index contributed by atoms with van der Waals surface area (Å²) in [6.45, 7) is 2.01. The summed E-state index contributed by atoms with van der Waals surface area (Å²) in [4.78, 5) is 4.02. The molecule has 1 aromatic carbocycles. The quantitative estimate of drug-likeness (QED) is 0.750. The number of para-hydroxylation sites is 1. The smallest absolute Gasteiger partial charge is 0.134 e. The van der Waals surface area contributed by atoms with Gasteiger partial charge in [0.25, 0.3) is 0 Å². The van der Waals surface area contributed by atoms with E-state index in [1.807, 2.05) is 37.3 Å². The molecule has 0 bridgehead atoms. The van der Waals surface area contributed by atoms with Gasteiger partial charge in [-0.25, -0.2) is 0 Å². The summed E-state index contributed by atoms with van der Waals surface area (Å²) < 4.78 is 5.81. The van der Waals surface area contributed by atoms with Crippen molar-refractivity contribution in [3.8, 4) is 11.5 Å². The van der Waals surface area contributed by atoms with Gasteiger partial charge < -0.3 is 4.74 Å². The van der Waals surface area contributed by atoms with Crippen molar-refractivity contribution < 1.29 is 4.74 Å². The number of aromatic nitrogens is 1. The number of ether oxygens (including phenoxy) is 1. The molecule has 16 heavy (non-hydrogen) atoms. The summed E-state index contributed by atoms with van der Waals surface area (Å²) >= 11 is 5.82. The second-order valence-electron chi connectivity index (χ2n) is 3.48. The second kappa shape index (κ2) is 4.99. The lowest BCUT2D eigenvalue weighted by Crippen LogP contribution is -1.92. The summed E-state index contributed by atoms with van der Waals surface area (Å²) in [6.07, 6.45) is 3.42. The van der Waals surface area contributed by atoms with E-state index < -0.39 is 0 Å². The van der Waals surface area contributed by atoms with Gasteiger partial charge in [-0.3, -0.25) is 4.98 Å². The fraction of sp³-hybridized carbons (Fsp3) is 0.154. The summed E-state index contributed by atoms with van der Waals surface area (Å²) in [7, 11) is 0. The second-order valence-corrected chi connectivity index (χ2v) is 3.75. The van der Waals surface area contributed by atoms with E-state index in [4.69, 9.17) is 16.3 Å². The molecule has 0 unspecified atom stereocenters. The molecule has 0 aliphatic heterocycles. The van der Waals surface area contributed by atoms with Crippen molar-refractivity contribution in [2.75, 3.05) is 0 Å². The van der Waals surface area contributed by atoms with E-state index in [0.29, 0.717) is 5.88 Å². The Hall–Kier alpha value is -1.54. The lowest BCUT2D eigenvalue weighted by atomic mass is 10.2.